The van der Waals surface area contributed by atoms with Crippen molar-refractivity contribution < 1.29 is 14.6 Å². The normalized spacial score (nSPS) is 13.6. The van der Waals surface area contributed by atoms with Crippen LogP contribution in [0.3, 0.4) is 0 Å². The van der Waals surface area contributed by atoms with Gasteiger partial charge in [-0.1, -0.05) is 6.07 Å². The van der Waals surface area contributed by atoms with Crippen molar-refractivity contribution in [3.63, 3.8) is 0 Å². The predicted octanol–water partition coefficient (Wildman–Crippen LogP) is 3.37. The van der Waals surface area contributed by atoms with Gasteiger partial charge in [-0.2, -0.15) is 0 Å². The number of aliphatic hydroxyl groups excluding tert-OH is 1. The maximum absolute atomic E-state index is 10.2. The molecule has 0 aliphatic carbocycles. The van der Waals surface area contributed by atoms with E-state index in [-0.39, 0.29) is 6.04 Å². The minimum Gasteiger partial charge on any atom is -0.497 e. The van der Waals surface area contributed by atoms with Crippen LogP contribution in [0.25, 0.3) is 0 Å². The highest BCUT2D eigenvalue weighted by Crippen LogP contribution is 2.24. The third-order valence-corrected chi connectivity index (χ3v) is 4.49. The zero-order chi connectivity index (χ0) is 15.9. The number of benzene rings is 1. The first-order chi connectivity index (χ1) is 10.6. The van der Waals surface area contributed by atoms with E-state index in [0.29, 0.717) is 13.0 Å². The first-order valence-electron chi connectivity index (χ1n) is 7.29. The molecule has 0 aliphatic heterocycles. The first-order valence-corrected chi connectivity index (χ1v) is 8.17. The molecule has 0 saturated carbocycles. The number of nitrogens with one attached hydrogen (secondary N) is 1. The van der Waals surface area contributed by atoms with Crippen LogP contribution in [0.1, 0.15) is 29.9 Å². The Bertz CT molecular complexity index is 549. The molecule has 0 fully saturated rings. The van der Waals surface area contributed by atoms with E-state index in [9.17, 15) is 5.11 Å². The van der Waals surface area contributed by atoms with Crippen molar-refractivity contribution in [3.05, 3.63) is 46.2 Å². The Hall–Kier alpha value is -1.56. The summed E-state index contributed by atoms with van der Waals surface area (Å²) < 4.78 is 10.5. The molecule has 4 nitrogen and oxygen atoms in total. The second-order valence-corrected chi connectivity index (χ2v) is 6.25. The summed E-state index contributed by atoms with van der Waals surface area (Å²) in [5.41, 5.74) is 1.09. The molecule has 2 unspecified atom stereocenters. The van der Waals surface area contributed by atoms with Crippen LogP contribution in [0.2, 0.25) is 0 Å². The van der Waals surface area contributed by atoms with Gasteiger partial charge in [0.05, 0.1) is 20.3 Å². The Morgan fingerprint density at radius 3 is 2.41 bits per heavy atom. The lowest BCUT2D eigenvalue weighted by molar-refractivity contribution is 0.157. The lowest BCUT2D eigenvalue weighted by atomic mass is 10.1. The number of hydrogen-bond donors (Lipinski definition) is 2. The van der Waals surface area contributed by atoms with E-state index in [4.69, 9.17) is 9.47 Å². The third kappa shape index (κ3) is 4.73. The molecule has 0 radical (unpaired) electrons. The number of methoxy groups -OCH3 is 2. The second kappa shape index (κ2) is 8.17. The quantitative estimate of drug-likeness (QED) is 0.783. The molecule has 0 aliphatic rings. The van der Waals surface area contributed by atoms with Crippen molar-refractivity contribution in [2.24, 2.45) is 0 Å². The number of thiophene rings is 1. The first kappa shape index (κ1) is 16.8. The van der Waals surface area contributed by atoms with Gasteiger partial charge >= 0.3 is 0 Å². The summed E-state index contributed by atoms with van der Waals surface area (Å²) in [6, 6.07) is 9.96. The molecule has 0 amide bonds. The Morgan fingerprint density at radius 2 is 1.86 bits per heavy atom. The van der Waals surface area contributed by atoms with E-state index in [0.717, 1.165) is 21.9 Å². The summed E-state index contributed by atoms with van der Waals surface area (Å²) in [5, 5.41) is 15.6. The zero-order valence-electron chi connectivity index (χ0n) is 13.2. The van der Waals surface area contributed by atoms with E-state index in [1.54, 1.807) is 25.6 Å². The molecule has 2 aromatic rings. The number of rotatable bonds is 8. The van der Waals surface area contributed by atoms with Crippen LogP contribution in [0.15, 0.2) is 35.7 Å². The average Bonchev–Trinajstić information content (AvgIpc) is 3.07. The molecule has 2 rings (SSSR count). The Balaban J connectivity index is 1.89. The lowest BCUT2D eigenvalue weighted by Crippen LogP contribution is -2.27. The van der Waals surface area contributed by atoms with Gasteiger partial charge in [-0.15, -0.1) is 11.3 Å². The zero-order valence-corrected chi connectivity index (χ0v) is 14.0. The van der Waals surface area contributed by atoms with E-state index in [1.165, 1.54) is 0 Å². The molecule has 2 N–H and O–H groups in total. The highest BCUT2D eigenvalue weighted by atomic mass is 32.1. The van der Waals surface area contributed by atoms with Gasteiger partial charge in [-0.3, -0.25) is 0 Å². The summed E-state index contributed by atoms with van der Waals surface area (Å²) in [6.07, 6.45) is 0.268. The monoisotopic (exact) mass is 321 g/mol. The maximum Gasteiger partial charge on any atom is 0.122 e. The molecule has 120 valence electrons. The van der Waals surface area contributed by atoms with E-state index >= 15 is 0 Å². The van der Waals surface area contributed by atoms with Crippen LogP contribution in [0, 0.1) is 0 Å². The standard InChI is InChI=1S/C17H23NO3S/c1-12(7-16(19)17-5-4-6-22-17)18-11-13-8-14(20-2)10-15(9-13)21-3/h4-6,8-10,12,16,18-19H,7,11H2,1-3H3. The van der Waals surface area contributed by atoms with Crippen LogP contribution < -0.4 is 14.8 Å². The fourth-order valence-corrected chi connectivity index (χ4v) is 3.00. The molecular formula is C17H23NO3S. The number of aliphatic hydroxyl groups is 1. The van der Waals surface area contributed by atoms with E-state index in [1.807, 2.05) is 35.7 Å². The Labute approximate surface area is 135 Å². The van der Waals surface area contributed by atoms with Crippen molar-refractivity contribution in [2.45, 2.75) is 32.0 Å². The van der Waals surface area contributed by atoms with E-state index in [2.05, 4.69) is 12.2 Å². The van der Waals surface area contributed by atoms with Crippen LogP contribution >= 0.6 is 11.3 Å². The fraction of sp³-hybridized carbons (Fsp3) is 0.412. The lowest BCUT2D eigenvalue weighted by Gasteiger charge is -2.17. The van der Waals surface area contributed by atoms with Gasteiger partial charge in [-0.05, 0) is 42.5 Å². The van der Waals surface area contributed by atoms with Crippen LogP contribution in [0.5, 0.6) is 11.5 Å². The summed E-state index contributed by atoms with van der Waals surface area (Å²) in [5.74, 6) is 1.56. The highest BCUT2D eigenvalue weighted by Gasteiger charge is 2.13. The largest absolute Gasteiger partial charge is 0.497 e. The van der Waals surface area contributed by atoms with Gasteiger partial charge in [0.25, 0.3) is 0 Å². The van der Waals surface area contributed by atoms with Gasteiger partial charge in [0.2, 0.25) is 0 Å². The molecule has 2 atom stereocenters. The Morgan fingerprint density at radius 1 is 1.18 bits per heavy atom. The van der Waals surface area contributed by atoms with Gasteiger partial charge in [0.15, 0.2) is 0 Å². The molecule has 1 heterocycles. The number of ether oxygens (including phenoxy) is 2. The predicted molar refractivity (Wildman–Crippen MR) is 89.7 cm³/mol. The van der Waals surface area contributed by atoms with Crippen LogP contribution in [-0.4, -0.2) is 25.4 Å². The summed E-state index contributed by atoms with van der Waals surface area (Å²) in [4.78, 5) is 1.01. The molecule has 1 aromatic heterocycles. The minimum absolute atomic E-state index is 0.203. The van der Waals surface area contributed by atoms with Crippen molar-refractivity contribution in [3.8, 4) is 11.5 Å². The molecule has 1 aromatic carbocycles. The van der Waals surface area contributed by atoms with Gasteiger partial charge in [0, 0.05) is 23.5 Å². The summed E-state index contributed by atoms with van der Waals surface area (Å²) in [6.45, 7) is 2.78. The SMILES string of the molecule is COc1cc(CNC(C)CC(O)c2cccs2)cc(OC)c1. The third-order valence-electron chi connectivity index (χ3n) is 3.51. The average molecular weight is 321 g/mol. The number of hydrogen-bond acceptors (Lipinski definition) is 5. The molecule has 0 saturated heterocycles. The van der Waals surface area contributed by atoms with Crippen molar-refractivity contribution in [1.82, 2.24) is 5.32 Å². The van der Waals surface area contributed by atoms with Crippen molar-refractivity contribution in [2.75, 3.05) is 14.2 Å². The van der Waals surface area contributed by atoms with Crippen molar-refractivity contribution in [1.29, 1.82) is 0 Å². The van der Waals surface area contributed by atoms with Crippen LogP contribution in [0.4, 0.5) is 0 Å². The summed E-state index contributed by atoms with van der Waals surface area (Å²) >= 11 is 1.59. The van der Waals surface area contributed by atoms with Crippen molar-refractivity contribution >= 4 is 11.3 Å². The van der Waals surface area contributed by atoms with Gasteiger partial charge in [-0.25, -0.2) is 0 Å². The highest BCUT2D eigenvalue weighted by molar-refractivity contribution is 7.10. The van der Waals surface area contributed by atoms with Gasteiger partial charge in [0.1, 0.15) is 11.5 Å². The second-order valence-electron chi connectivity index (χ2n) is 5.27. The van der Waals surface area contributed by atoms with Crippen LogP contribution in [-0.2, 0) is 6.54 Å². The fourth-order valence-electron chi connectivity index (χ4n) is 2.28. The van der Waals surface area contributed by atoms with E-state index < -0.39 is 6.10 Å². The smallest absolute Gasteiger partial charge is 0.122 e. The molecule has 22 heavy (non-hydrogen) atoms. The molecule has 0 spiro atoms. The Kier molecular flexibility index (Phi) is 6.24. The molecule has 5 heteroatoms. The minimum atomic E-state index is -0.414. The van der Waals surface area contributed by atoms with Gasteiger partial charge < -0.3 is 19.9 Å². The summed E-state index contributed by atoms with van der Waals surface area (Å²) in [7, 11) is 3.29. The molecular weight excluding hydrogens is 298 g/mol. The molecule has 0 bridgehead atoms. The topological polar surface area (TPSA) is 50.7 Å². The maximum atomic E-state index is 10.2.